The zero-order chi connectivity index (χ0) is 21.7. The lowest BCUT2D eigenvalue weighted by molar-refractivity contribution is 0.0785. The van der Waals surface area contributed by atoms with Crippen molar-refractivity contribution in [2.24, 2.45) is 0 Å². The molecular formula is C23H24N2O3S2. The molecule has 3 rings (SSSR count). The van der Waals surface area contributed by atoms with Gasteiger partial charge < -0.3 is 4.90 Å². The minimum atomic E-state index is -3.67. The van der Waals surface area contributed by atoms with Crippen molar-refractivity contribution >= 4 is 33.4 Å². The minimum absolute atomic E-state index is 0.128. The molecule has 0 aromatic heterocycles. The molecule has 1 N–H and O–H groups in total. The second kappa shape index (κ2) is 9.36. The molecule has 0 heterocycles. The number of aryl methyl sites for hydroxylation is 1. The summed E-state index contributed by atoms with van der Waals surface area (Å²) in [4.78, 5) is 15.7. The van der Waals surface area contributed by atoms with Gasteiger partial charge in [0.2, 0.25) is 0 Å². The van der Waals surface area contributed by atoms with Crippen molar-refractivity contribution in [3.63, 3.8) is 0 Å². The number of benzene rings is 3. The van der Waals surface area contributed by atoms with E-state index in [-0.39, 0.29) is 10.8 Å². The van der Waals surface area contributed by atoms with E-state index in [1.165, 1.54) is 4.90 Å². The number of hydrogen-bond acceptors (Lipinski definition) is 4. The van der Waals surface area contributed by atoms with Crippen molar-refractivity contribution in [2.45, 2.75) is 23.3 Å². The van der Waals surface area contributed by atoms with Crippen LogP contribution in [0, 0.1) is 6.92 Å². The number of anilines is 1. The van der Waals surface area contributed by atoms with Crippen molar-refractivity contribution in [3.05, 3.63) is 89.5 Å². The van der Waals surface area contributed by atoms with Crippen molar-refractivity contribution in [1.82, 2.24) is 4.90 Å². The van der Waals surface area contributed by atoms with Gasteiger partial charge in [-0.2, -0.15) is 0 Å². The number of nitrogens with one attached hydrogen (secondary N) is 1. The molecule has 3 aromatic carbocycles. The zero-order valence-electron chi connectivity index (χ0n) is 17.1. The summed E-state index contributed by atoms with van der Waals surface area (Å²) in [5.41, 5.74) is 2.94. The Kier molecular flexibility index (Phi) is 6.84. The molecule has 3 aromatic rings. The van der Waals surface area contributed by atoms with E-state index in [2.05, 4.69) is 4.72 Å². The Labute approximate surface area is 182 Å². The van der Waals surface area contributed by atoms with Crippen molar-refractivity contribution in [1.29, 1.82) is 0 Å². The lowest BCUT2D eigenvalue weighted by atomic mass is 10.1. The van der Waals surface area contributed by atoms with Crippen LogP contribution in [0.25, 0.3) is 0 Å². The number of sulfonamides is 1. The third-order valence-corrected chi connectivity index (χ3v) is 6.78. The van der Waals surface area contributed by atoms with Gasteiger partial charge in [0, 0.05) is 29.7 Å². The summed E-state index contributed by atoms with van der Waals surface area (Å²) >= 11 is 1.67. The Morgan fingerprint density at radius 2 is 1.53 bits per heavy atom. The van der Waals surface area contributed by atoms with Gasteiger partial charge in [-0.15, -0.1) is 11.8 Å². The zero-order valence-corrected chi connectivity index (χ0v) is 18.8. The predicted molar refractivity (Wildman–Crippen MR) is 122 cm³/mol. The minimum Gasteiger partial charge on any atom is -0.337 e. The highest BCUT2D eigenvalue weighted by molar-refractivity contribution is 7.98. The van der Waals surface area contributed by atoms with Gasteiger partial charge in [0.05, 0.1) is 4.90 Å². The Morgan fingerprint density at radius 1 is 0.933 bits per heavy atom. The van der Waals surface area contributed by atoms with Crippen LogP contribution in [-0.2, 0) is 16.6 Å². The number of nitrogens with zero attached hydrogens (tertiary/aromatic N) is 1. The molecule has 0 aliphatic heterocycles. The summed E-state index contributed by atoms with van der Waals surface area (Å²) in [6.45, 7) is 2.39. The maximum Gasteiger partial charge on any atom is 0.261 e. The van der Waals surface area contributed by atoms with Crippen LogP contribution in [0.4, 0.5) is 5.69 Å². The predicted octanol–water partition coefficient (Wildman–Crippen LogP) is 4.79. The van der Waals surface area contributed by atoms with Crippen LogP contribution < -0.4 is 4.72 Å². The number of thioether (sulfide) groups is 1. The Hall–Kier alpha value is -2.77. The third-order valence-electron chi connectivity index (χ3n) is 4.64. The van der Waals surface area contributed by atoms with Crippen molar-refractivity contribution in [2.75, 3.05) is 18.0 Å². The van der Waals surface area contributed by atoms with E-state index in [0.717, 1.165) is 11.1 Å². The summed E-state index contributed by atoms with van der Waals surface area (Å²) in [6, 6.07) is 21.2. The van der Waals surface area contributed by atoms with E-state index in [1.54, 1.807) is 72.2 Å². The summed E-state index contributed by atoms with van der Waals surface area (Å²) in [5, 5.41) is 0. The molecule has 7 heteroatoms. The molecule has 30 heavy (non-hydrogen) atoms. The van der Waals surface area contributed by atoms with Gasteiger partial charge in [0.15, 0.2) is 0 Å². The summed E-state index contributed by atoms with van der Waals surface area (Å²) in [7, 11) is -1.92. The molecule has 0 saturated heterocycles. The summed E-state index contributed by atoms with van der Waals surface area (Å²) in [5.74, 6) is -0.128. The molecule has 0 unspecified atom stereocenters. The first-order valence-electron chi connectivity index (χ1n) is 9.36. The smallest absolute Gasteiger partial charge is 0.261 e. The van der Waals surface area contributed by atoms with Crippen LogP contribution in [0.3, 0.4) is 0 Å². The molecule has 0 spiro atoms. The highest BCUT2D eigenvalue weighted by Crippen LogP contribution is 2.19. The lowest BCUT2D eigenvalue weighted by Crippen LogP contribution is -2.26. The molecule has 5 nitrogen and oxygen atoms in total. The number of carbonyl (C=O) groups excluding carboxylic acids is 1. The number of carbonyl (C=O) groups is 1. The second-order valence-corrected chi connectivity index (χ2v) is 9.57. The van der Waals surface area contributed by atoms with E-state index >= 15 is 0 Å². The van der Waals surface area contributed by atoms with E-state index in [9.17, 15) is 13.2 Å². The Bertz CT molecular complexity index is 1110. The molecule has 156 valence electrons. The van der Waals surface area contributed by atoms with Crippen LogP contribution >= 0.6 is 11.8 Å². The van der Waals surface area contributed by atoms with Gasteiger partial charge >= 0.3 is 0 Å². The quantitative estimate of drug-likeness (QED) is 0.537. The van der Waals surface area contributed by atoms with Gasteiger partial charge in [0.25, 0.3) is 15.9 Å². The maximum atomic E-state index is 12.7. The Balaban J connectivity index is 1.66. The van der Waals surface area contributed by atoms with Gasteiger partial charge in [-0.25, -0.2) is 8.42 Å². The van der Waals surface area contributed by atoms with E-state index in [1.807, 2.05) is 37.4 Å². The fourth-order valence-electron chi connectivity index (χ4n) is 2.91. The second-order valence-electron chi connectivity index (χ2n) is 7.01. The molecule has 0 saturated carbocycles. The first kappa shape index (κ1) is 21.9. The molecular weight excluding hydrogens is 416 g/mol. The van der Waals surface area contributed by atoms with Crippen LogP contribution in [0.1, 0.15) is 21.5 Å². The molecule has 0 bridgehead atoms. The van der Waals surface area contributed by atoms with Gasteiger partial charge in [-0.05, 0) is 67.3 Å². The fraction of sp³-hybridized carbons (Fsp3) is 0.174. The monoisotopic (exact) mass is 440 g/mol. The average molecular weight is 441 g/mol. The van der Waals surface area contributed by atoms with E-state index in [0.29, 0.717) is 17.8 Å². The molecule has 1 amide bonds. The first-order valence-corrected chi connectivity index (χ1v) is 12.1. The lowest BCUT2D eigenvalue weighted by Gasteiger charge is -2.18. The molecule has 0 fully saturated rings. The Morgan fingerprint density at radius 3 is 2.10 bits per heavy atom. The van der Waals surface area contributed by atoms with Crippen LogP contribution in [0.15, 0.2) is 82.6 Å². The fourth-order valence-corrected chi connectivity index (χ4v) is 4.38. The van der Waals surface area contributed by atoms with E-state index in [4.69, 9.17) is 0 Å². The van der Waals surface area contributed by atoms with Gasteiger partial charge in [-0.1, -0.05) is 29.8 Å². The molecule has 0 atom stereocenters. The normalized spacial score (nSPS) is 11.2. The number of rotatable bonds is 7. The topological polar surface area (TPSA) is 66.5 Å². The molecule has 0 radical (unpaired) electrons. The standard InChI is InChI=1S/C23H24N2O3S2/c1-17-4-14-22(15-5-17)30(27,28)24-20-10-8-19(9-11-20)23(26)25(2)16-18-6-12-21(29-3)13-7-18/h4-15,24H,16H2,1-3H3. The van der Waals surface area contributed by atoms with Gasteiger partial charge in [-0.3, -0.25) is 9.52 Å². The van der Waals surface area contributed by atoms with Gasteiger partial charge in [0.1, 0.15) is 0 Å². The summed E-state index contributed by atoms with van der Waals surface area (Å²) < 4.78 is 27.5. The SMILES string of the molecule is CSc1ccc(CN(C)C(=O)c2ccc(NS(=O)(=O)c3ccc(C)cc3)cc2)cc1. The third kappa shape index (κ3) is 5.43. The number of amides is 1. The maximum absolute atomic E-state index is 12.7. The average Bonchev–Trinajstić information content (AvgIpc) is 2.74. The van der Waals surface area contributed by atoms with Crippen LogP contribution in [0.2, 0.25) is 0 Å². The molecule has 0 aliphatic rings. The van der Waals surface area contributed by atoms with Crippen molar-refractivity contribution in [3.8, 4) is 0 Å². The largest absolute Gasteiger partial charge is 0.337 e. The highest BCUT2D eigenvalue weighted by atomic mass is 32.2. The number of hydrogen-bond donors (Lipinski definition) is 1. The van der Waals surface area contributed by atoms with Crippen LogP contribution in [0.5, 0.6) is 0 Å². The molecule has 0 aliphatic carbocycles. The highest BCUT2D eigenvalue weighted by Gasteiger charge is 2.15. The van der Waals surface area contributed by atoms with Crippen LogP contribution in [-0.4, -0.2) is 32.5 Å². The van der Waals surface area contributed by atoms with E-state index < -0.39 is 10.0 Å². The summed E-state index contributed by atoms with van der Waals surface area (Å²) in [6.07, 6.45) is 2.02. The van der Waals surface area contributed by atoms with Crippen molar-refractivity contribution < 1.29 is 13.2 Å². The first-order chi connectivity index (χ1) is 14.3.